The van der Waals surface area contributed by atoms with Gasteiger partial charge in [-0.25, -0.2) is 4.98 Å². The average molecular weight is 469 g/mol. The summed E-state index contributed by atoms with van der Waals surface area (Å²) in [4.78, 5) is 19.2. The Morgan fingerprint density at radius 1 is 1.03 bits per heavy atom. The second kappa shape index (κ2) is 7.74. The van der Waals surface area contributed by atoms with Crippen LogP contribution in [0.2, 0.25) is 5.02 Å². The molecule has 2 N–H and O–H groups in total. The number of fused-ring (bicyclic) bond motifs is 2. The standard InChI is InChI=1S/C24H16ClF3N4O/c1-12(24(26,27)28)19-16-7-8-18(33)30-23(16)31-22(13-5-3-2-4-6-13)20(19)14-9-15-11-29-32-21(15)17(25)10-14/h2-12H,1H3,(H,29,32)(H,30,31,33). The van der Waals surface area contributed by atoms with Crippen LogP contribution in [0.1, 0.15) is 18.4 Å². The highest BCUT2D eigenvalue weighted by molar-refractivity contribution is 6.35. The highest BCUT2D eigenvalue weighted by Gasteiger charge is 2.40. The van der Waals surface area contributed by atoms with E-state index in [0.717, 1.165) is 6.92 Å². The summed E-state index contributed by atoms with van der Waals surface area (Å²) < 4.78 is 42.4. The van der Waals surface area contributed by atoms with Crippen LogP contribution in [0.5, 0.6) is 0 Å². The number of nitrogens with one attached hydrogen (secondary N) is 2. The highest BCUT2D eigenvalue weighted by atomic mass is 35.5. The van der Waals surface area contributed by atoms with Crippen molar-refractivity contribution in [3.8, 4) is 22.4 Å². The maximum atomic E-state index is 14.1. The minimum Gasteiger partial charge on any atom is -0.307 e. The zero-order chi connectivity index (χ0) is 23.3. The molecule has 5 aromatic rings. The highest BCUT2D eigenvalue weighted by Crippen LogP contribution is 2.46. The lowest BCUT2D eigenvalue weighted by Gasteiger charge is -2.24. The van der Waals surface area contributed by atoms with Crippen molar-refractivity contribution in [2.45, 2.75) is 19.0 Å². The Morgan fingerprint density at radius 2 is 1.79 bits per heavy atom. The molecule has 1 atom stereocenters. The fourth-order valence-corrected chi connectivity index (χ4v) is 4.34. The van der Waals surface area contributed by atoms with Crippen LogP contribution < -0.4 is 5.56 Å². The molecule has 3 aromatic heterocycles. The van der Waals surface area contributed by atoms with Crippen LogP contribution in [0, 0.1) is 0 Å². The summed E-state index contributed by atoms with van der Waals surface area (Å²) in [6.45, 7) is 1.11. The first-order valence-electron chi connectivity index (χ1n) is 10.1. The summed E-state index contributed by atoms with van der Waals surface area (Å²) in [5.74, 6) is -1.84. The number of H-pyrrole nitrogens is 2. The molecule has 5 nitrogen and oxygen atoms in total. The van der Waals surface area contributed by atoms with Crippen LogP contribution >= 0.6 is 11.6 Å². The quantitative estimate of drug-likeness (QED) is 0.319. The van der Waals surface area contributed by atoms with E-state index in [0.29, 0.717) is 38.3 Å². The first-order valence-corrected chi connectivity index (χ1v) is 10.4. The Morgan fingerprint density at radius 3 is 2.52 bits per heavy atom. The van der Waals surface area contributed by atoms with Crippen LogP contribution in [0.25, 0.3) is 44.3 Å². The summed E-state index contributed by atoms with van der Waals surface area (Å²) in [6, 6.07) is 14.8. The molecule has 5 rings (SSSR count). The van der Waals surface area contributed by atoms with Gasteiger partial charge in [-0.2, -0.15) is 18.3 Å². The first kappa shape index (κ1) is 21.2. The number of aromatic nitrogens is 4. The van der Waals surface area contributed by atoms with Gasteiger partial charge < -0.3 is 4.98 Å². The van der Waals surface area contributed by atoms with Gasteiger partial charge in [-0.3, -0.25) is 9.89 Å². The number of aromatic amines is 2. The molecule has 9 heteroatoms. The zero-order valence-corrected chi connectivity index (χ0v) is 17.9. The van der Waals surface area contributed by atoms with Crippen molar-refractivity contribution in [3.05, 3.63) is 81.7 Å². The van der Waals surface area contributed by atoms with E-state index in [1.165, 1.54) is 12.1 Å². The molecule has 2 aromatic carbocycles. The van der Waals surface area contributed by atoms with Gasteiger partial charge in [0.05, 0.1) is 28.3 Å². The smallest absolute Gasteiger partial charge is 0.307 e. The normalized spacial score (nSPS) is 13.0. The number of benzene rings is 2. The minimum atomic E-state index is -4.53. The molecule has 0 fully saturated rings. The van der Waals surface area contributed by atoms with Crippen molar-refractivity contribution in [2.24, 2.45) is 0 Å². The molecule has 0 saturated heterocycles. The van der Waals surface area contributed by atoms with Crippen LogP contribution in [0.3, 0.4) is 0 Å². The van der Waals surface area contributed by atoms with Crippen molar-refractivity contribution in [3.63, 3.8) is 0 Å². The molecule has 3 heterocycles. The van der Waals surface area contributed by atoms with Gasteiger partial charge >= 0.3 is 6.18 Å². The second-order valence-electron chi connectivity index (χ2n) is 7.76. The summed E-state index contributed by atoms with van der Waals surface area (Å²) in [5, 5.41) is 7.98. The topological polar surface area (TPSA) is 74.4 Å². The predicted octanol–water partition coefficient (Wildman–Crippen LogP) is 6.45. The molecule has 0 amide bonds. The first-order chi connectivity index (χ1) is 15.7. The molecule has 33 heavy (non-hydrogen) atoms. The van der Waals surface area contributed by atoms with E-state index in [9.17, 15) is 18.0 Å². The fourth-order valence-electron chi connectivity index (χ4n) is 4.07. The Hall–Kier alpha value is -3.65. The van der Waals surface area contributed by atoms with E-state index in [1.807, 2.05) is 0 Å². The lowest BCUT2D eigenvalue weighted by Crippen LogP contribution is -2.20. The number of pyridine rings is 2. The van der Waals surface area contributed by atoms with E-state index in [2.05, 4.69) is 20.2 Å². The van der Waals surface area contributed by atoms with Crippen LogP contribution in [-0.2, 0) is 0 Å². The van der Waals surface area contributed by atoms with E-state index in [-0.39, 0.29) is 16.6 Å². The van der Waals surface area contributed by atoms with Gasteiger partial charge in [0.2, 0.25) is 5.56 Å². The van der Waals surface area contributed by atoms with Crippen LogP contribution in [0.15, 0.2) is 65.6 Å². The van der Waals surface area contributed by atoms with Gasteiger partial charge in [0.25, 0.3) is 0 Å². The number of halogens is 4. The molecule has 0 spiro atoms. The SMILES string of the molecule is CC(c1c(-c2cc(Cl)c3[nH]ncc3c2)c(-c2ccccc2)nc2[nH]c(=O)ccc12)C(F)(F)F. The van der Waals surface area contributed by atoms with E-state index in [1.54, 1.807) is 48.7 Å². The summed E-state index contributed by atoms with van der Waals surface area (Å²) >= 11 is 6.45. The predicted molar refractivity (Wildman–Crippen MR) is 122 cm³/mol. The minimum absolute atomic E-state index is 0.0153. The molecule has 0 aliphatic carbocycles. The van der Waals surface area contributed by atoms with Gasteiger partial charge in [0.1, 0.15) is 5.65 Å². The van der Waals surface area contributed by atoms with Gasteiger partial charge in [0.15, 0.2) is 0 Å². The van der Waals surface area contributed by atoms with Crippen molar-refractivity contribution in [1.82, 2.24) is 20.2 Å². The number of hydrogen-bond donors (Lipinski definition) is 2. The lowest BCUT2D eigenvalue weighted by atomic mass is 9.86. The second-order valence-corrected chi connectivity index (χ2v) is 8.16. The van der Waals surface area contributed by atoms with Crippen molar-refractivity contribution in [1.29, 1.82) is 0 Å². The monoisotopic (exact) mass is 468 g/mol. The van der Waals surface area contributed by atoms with Crippen molar-refractivity contribution >= 4 is 33.5 Å². The van der Waals surface area contributed by atoms with Crippen molar-refractivity contribution < 1.29 is 13.2 Å². The Balaban J connectivity index is 1.98. The van der Waals surface area contributed by atoms with E-state index >= 15 is 0 Å². The molecule has 0 aliphatic heterocycles. The third-order valence-corrected chi connectivity index (χ3v) is 5.98. The largest absolute Gasteiger partial charge is 0.395 e. The van der Waals surface area contributed by atoms with Gasteiger partial charge in [0, 0.05) is 28.0 Å². The third kappa shape index (κ3) is 3.66. The van der Waals surface area contributed by atoms with E-state index in [4.69, 9.17) is 11.6 Å². The number of hydrogen-bond acceptors (Lipinski definition) is 3. The maximum Gasteiger partial charge on any atom is 0.395 e. The average Bonchev–Trinajstić information content (AvgIpc) is 3.26. The Kier molecular flexibility index (Phi) is 4.97. The van der Waals surface area contributed by atoms with E-state index < -0.39 is 17.7 Å². The third-order valence-electron chi connectivity index (χ3n) is 5.68. The zero-order valence-electron chi connectivity index (χ0n) is 17.2. The van der Waals surface area contributed by atoms with Crippen LogP contribution in [0.4, 0.5) is 13.2 Å². The van der Waals surface area contributed by atoms with Crippen LogP contribution in [-0.4, -0.2) is 26.3 Å². The Bertz CT molecular complexity index is 1560. The number of nitrogens with zero attached hydrogens (tertiary/aromatic N) is 2. The number of rotatable bonds is 3. The molecular formula is C24H16ClF3N4O. The molecule has 0 aliphatic rings. The number of alkyl halides is 3. The van der Waals surface area contributed by atoms with Gasteiger partial charge in [-0.1, -0.05) is 41.9 Å². The maximum absolute atomic E-state index is 14.1. The molecule has 1 unspecified atom stereocenters. The van der Waals surface area contributed by atoms with Gasteiger partial charge in [-0.15, -0.1) is 0 Å². The van der Waals surface area contributed by atoms with Crippen molar-refractivity contribution in [2.75, 3.05) is 0 Å². The summed E-state index contributed by atoms with van der Waals surface area (Å²) in [5.41, 5.74) is 1.94. The summed E-state index contributed by atoms with van der Waals surface area (Å²) in [6.07, 6.45) is -2.97. The molecule has 0 bridgehead atoms. The fraction of sp³-hybridized carbons (Fsp3) is 0.125. The molecule has 166 valence electrons. The Labute approximate surface area is 190 Å². The molecule has 0 saturated carbocycles. The molecule has 0 radical (unpaired) electrons. The lowest BCUT2D eigenvalue weighted by molar-refractivity contribution is -0.145. The summed E-state index contributed by atoms with van der Waals surface area (Å²) in [7, 11) is 0. The molecular weight excluding hydrogens is 453 g/mol. The van der Waals surface area contributed by atoms with Gasteiger partial charge in [-0.05, 0) is 36.2 Å².